The predicted molar refractivity (Wildman–Crippen MR) is 55.8 cm³/mol. The number of hydrogen-bond acceptors (Lipinski definition) is 6. The van der Waals surface area contributed by atoms with E-state index in [9.17, 15) is 4.79 Å². The first kappa shape index (κ1) is 12.2. The van der Waals surface area contributed by atoms with E-state index < -0.39 is 17.9 Å². The number of cyclic esters (lactones) is 1. The minimum atomic E-state index is -0.675. The Hall–Kier alpha value is -1.27. The molecule has 0 spiro atoms. The molecule has 0 aliphatic carbocycles. The molecule has 96 valence electrons. The molecule has 0 radical (unpaired) electrons. The number of ether oxygens (including phenoxy) is 5. The molecule has 0 aromatic heterocycles. The lowest BCUT2D eigenvalue weighted by molar-refractivity contribution is -0.163. The van der Waals surface area contributed by atoms with E-state index in [1.54, 1.807) is 13.8 Å². The van der Waals surface area contributed by atoms with Gasteiger partial charge in [0.05, 0.1) is 20.8 Å². The van der Waals surface area contributed by atoms with Gasteiger partial charge in [0.15, 0.2) is 17.7 Å². The minimum absolute atomic E-state index is 0.0887. The van der Waals surface area contributed by atoms with E-state index in [2.05, 4.69) is 0 Å². The summed E-state index contributed by atoms with van der Waals surface area (Å²) >= 11 is 0. The van der Waals surface area contributed by atoms with E-state index >= 15 is 0 Å². The quantitative estimate of drug-likeness (QED) is 0.676. The van der Waals surface area contributed by atoms with Gasteiger partial charge in [-0.25, -0.2) is 4.79 Å². The van der Waals surface area contributed by atoms with Crippen molar-refractivity contribution in [2.75, 3.05) is 20.8 Å². The van der Waals surface area contributed by atoms with Gasteiger partial charge in [0.2, 0.25) is 5.76 Å². The van der Waals surface area contributed by atoms with Crippen LogP contribution in [0.25, 0.3) is 0 Å². The predicted octanol–water partition coefficient (Wildman–Crippen LogP) is 0.568. The Morgan fingerprint density at radius 3 is 2.47 bits per heavy atom. The molecule has 6 heteroatoms. The molecular weight excluding hydrogens is 228 g/mol. The second kappa shape index (κ2) is 4.19. The van der Waals surface area contributed by atoms with Crippen molar-refractivity contribution in [1.29, 1.82) is 0 Å². The fourth-order valence-electron chi connectivity index (χ4n) is 1.95. The Morgan fingerprint density at radius 1 is 1.29 bits per heavy atom. The van der Waals surface area contributed by atoms with Crippen molar-refractivity contribution in [1.82, 2.24) is 0 Å². The molecule has 17 heavy (non-hydrogen) atoms. The second-order valence-corrected chi connectivity index (χ2v) is 4.29. The number of esters is 1. The van der Waals surface area contributed by atoms with Crippen molar-refractivity contribution < 1.29 is 28.5 Å². The zero-order chi connectivity index (χ0) is 12.6. The zero-order valence-electron chi connectivity index (χ0n) is 10.3. The fourth-order valence-corrected chi connectivity index (χ4v) is 1.95. The van der Waals surface area contributed by atoms with E-state index in [0.717, 1.165) is 0 Å². The van der Waals surface area contributed by atoms with E-state index in [-0.39, 0.29) is 11.9 Å². The summed E-state index contributed by atoms with van der Waals surface area (Å²) in [6.45, 7) is 3.95. The highest BCUT2D eigenvalue weighted by Gasteiger charge is 2.47. The minimum Gasteiger partial charge on any atom is -0.493 e. The van der Waals surface area contributed by atoms with Crippen molar-refractivity contribution in [3.63, 3.8) is 0 Å². The van der Waals surface area contributed by atoms with Crippen molar-refractivity contribution in [3.8, 4) is 0 Å². The molecular formula is C11H16O6. The maximum atomic E-state index is 11.5. The van der Waals surface area contributed by atoms with Crippen LogP contribution in [0.2, 0.25) is 0 Å². The van der Waals surface area contributed by atoms with Gasteiger partial charge in [0, 0.05) is 0 Å². The third-order valence-electron chi connectivity index (χ3n) is 2.69. The lowest BCUT2D eigenvalue weighted by Crippen LogP contribution is -2.33. The SMILES string of the molecule is COC1=C(OC)[C@@H](C2COC(C)(C)O2)OC1=O. The monoisotopic (exact) mass is 244 g/mol. The lowest BCUT2D eigenvalue weighted by atomic mass is 10.2. The number of hydrogen-bond donors (Lipinski definition) is 0. The number of methoxy groups -OCH3 is 2. The average molecular weight is 244 g/mol. The van der Waals surface area contributed by atoms with Crippen LogP contribution in [0.1, 0.15) is 13.8 Å². The first-order valence-electron chi connectivity index (χ1n) is 5.33. The lowest BCUT2D eigenvalue weighted by Gasteiger charge is -2.21. The summed E-state index contributed by atoms with van der Waals surface area (Å²) in [5, 5.41) is 0. The van der Waals surface area contributed by atoms with Gasteiger partial charge in [-0.05, 0) is 13.8 Å². The summed E-state index contributed by atoms with van der Waals surface area (Å²) in [5.41, 5.74) is 0. The first-order valence-corrected chi connectivity index (χ1v) is 5.33. The van der Waals surface area contributed by atoms with Gasteiger partial charge >= 0.3 is 5.97 Å². The van der Waals surface area contributed by atoms with Crippen molar-refractivity contribution >= 4 is 5.97 Å². The Morgan fingerprint density at radius 2 is 2.00 bits per heavy atom. The summed E-state index contributed by atoms with van der Waals surface area (Å²) in [4.78, 5) is 11.5. The summed E-state index contributed by atoms with van der Waals surface area (Å²) in [5.74, 6) is -0.775. The molecule has 6 nitrogen and oxygen atoms in total. The van der Waals surface area contributed by atoms with E-state index in [1.165, 1.54) is 14.2 Å². The molecule has 2 atom stereocenters. The molecule has 1 saturated heterocycles. The van der Waals surface area contributed by atoms with Gasteiger partial charge in [-0.1, -0.05) is 0 Å². The topological polar surface area (TPSA) is 63.2 Å². The summed E-state index contributed by atoms with van der Waals surface area (Å²) in [7, 11) is 2.86. The molecule has 2 aliphatic rings. The fraction of sp³-hybridized carbons (Fsp3) is 0.727. The van der Waals surface area contributed by atoms with Gasteiger partial charge in [-0.3, -0.25) is 0 Å². The van der Waals surface area contributed by atoms with E-state index in [4.69, 9.17) is 23.7 Å². The van der Waals surface area contributed by atoms with Crippen molar-refractivity contribution in [2.24, 2.45) is 0 Å². The number of carbonyl (C=O) groups is 1. The van der Waals surface area contributed by atoms with Crippen LogP contribution in [0.5, 0.6) is 0 Å². The highest BCUT2D eigenvalue weighted by Crippen LogP contribution is 2.33. The molecule has 2 heterocycles. The molecule has 0 bridgehead atoms. The van der Waals surface area contributed by atoms with Gasteiger partial charge in [-0.15, -0.1) is 0 Å². The molecule has 0 amide bonds. The van der Waals surface area contributed by atoms with Crippen LogP contribution in [-0.4, -0.2) is 44.8 Å². The van der Waals surface area contributed by atoms with Crippen LogP contribution in [0.4, 0.5) is 0 Å². The highest BCUT2D eigenvalue weighted by molar-refractivity contribution is 5.89. The van der Waals surface area contributed by atoms with Gasteiger partial charge < -0.3 is 23.7 Å². The standard InChI is InChI=1S/C11H16O6/c1-11(2)15-5-6(17-11)7-8(13-3)9(14-4)10(12)16-7/h6-7H,5H2,1-4H3/t6?,7-/m1/s1. The zero-order valence-corrected chi connectivity index (χ0v) is 10.3. The second-order valence-electron chi connectivity index (χ2n) is 4.29. The summed E-state index contributed by atoms with van der Waals surface area (Å²) < 4.78 is 26.3. The van der Waals surface area contributed by atoms with Crippen LogP contribution in [-0.2, 0) is 28.5 Å². The van der Waals surface area contributed by atoms with Crippen LogP contribution in [0.3, 0.4) is 0 Å². The summed E-state index contributed by atoms with van der Waals surface area (Å²) in [6.07, 6.45) is -0.985. The Balaban J connectivity index is 2.18. The van der Waals surface area contributed by atoms with Gasteiger partial charge in [0.1, 0.15) is 6.10 Å². The maximum Gasteiger partial charge on any atom is 0.378 e. The van der Waals surface area contributed by atoms with Crippen LogP contribution in [0.15, 0.2) is 11.5 Å². The Kier molecular flexibility index (Phi) is 3.01. The maximum absolute atomic E-state index is 11.5. The first-order chi connectivity index (χ1) is 7.98. The molecule has 0 aromatic carbocycles. The van der Waals surface area contributed by atoms with Crippen LogP contribution < -0.4 is 0 Å². The Bertz CT molecular complexity index is 359. The van der Waals surface area contributed by atoms with Crippen LogP contribution in [0, 0.1) is 0 Å². The van der Waals surface area contributed by atoms with Crippen molar-refractivity contribution in [2.45, 2.75) is 31.8 Å². The van der Waals surface area contributed by atoms with Gasteiger partial charge in [-0.2, -0.15) is 0 Å². The summed E-state index contributed by atoms with van der Waals surface area (Å²) in [6, 6.07) is 0. The van der Waals surface area contributed by atoms with Gasteiger partial charge in [0.25, 0.3) is 0 Å². The molecule has 1 fully saturated rings. The molecule has 1 unspecified atom stereocenters. The van der Waals surface area contributed by atoms with Crippen LogP contribution >= 0.6 is 0 Å². The number of carbonyl (C=O) groups excluding carboxylic acids is 1. The van der Waals surface area contributed by atoms with Crippen molar-refractivity contribution in [3.05, 3.63) is 11.5 Å². The third kappa shape index (κ3) is 2.10. The largest absolute Gasteiger partial charge is 0.493 e. The normalized spacial score (nSPS) is 31.6. The number of rotatable bonds is 3. The Labute approximate surface area is 99.4 Å². The molecule has 0 aromatic rings. The van der Waals surface area contributed by atoms with E-state index in [1.807, 2.05) is 0 Å². The molecule has 0 saturated carbocycles. The highest BCUT2D eigenvalue weighted by atomic mass is 16.8. The average Bonchev–Trinajstić information content (AvgIpc) is 2.78. The van der Waals surface area contributed by atoms with E-state index in [0.29, 0.717) is 12.4 Å². The molecule has 0 N–H and O–H groups in total. The molecule has 2 rings (SSSR count). The molecule has 2 aliphatic heterocycles. The third-order valence-corrected chi connectivity index (χ3v) is 2.69. The smallest absolute Gasteiger partial charge is 0.378 e.